The van der Waals surface area contributed by atoms with Crippen LogP contribution in [0.4, 0.5) is 8.78 Å². The molecule has 5 heteroatoms. The van der Waals surface area contributed by atoms with Crippen LogP contribution in [-0.2, 0) is 0 Å². The van der Waals surface area contributed by atoms with Gasteiger partial charge in [-0.2, -0.15) is 0 Å². The molecule has 0 unspecified atom stereocenters. The van der Waals surface area contributed by atoms with Crippen LogP contribution in [0.2, 0.25) is 5.02 Å². The monoisotopic (exact) mass is 252 g/mol. The van der Waals surface area contributed by atoms with E-state index in [9.17, 15) is 13.6 Å². The number of Topliss-reactive ketones (excluding diaryl/α,β-unsaturated/α-hetero) is 1. The summed E-state index contributed by atoms with van der Waals surface area (Å²) in [5.41, 5.74) is -0.340. The highest BCUT2D eigenvalue weighted by molar-refractivity contribution is 6.30. The van der Waals surface area contributed by atoms with Crippen molar-refractivity contribution in [2.24, 2.45) is 0 Å². The Kier molecular flexibility index (Phi) is 4.48. The third kappa shape index (κ3) is 3.14. The summed E-state index contributed by atoms with van der Waals surface area (Å²) in [6, 6.07) is 3.82. The van der Waals surface area contributed by atoms with E-state index in [4.69, 9.17) is 23.2 Å². The van der Waals surface area contributed by atoms with Crippen LogP contribution in [-0.4, -0.2) is 11.7 Å². The van der Waals surface area contributed by atoms with Crippen LogP contribution >= 0.6 is 23.2 Å². The van der Waals surface area contributed by atoms with Gasteiger partial charge in [-0.05, 0) is 18.2 Å². The van der Waals surface area contributed by atoms with Crippen molar-refractivity contribution in [3.05, 3.63) is 34.3 Å². The second-order valence-corrected chi connectivity index (χ2v) is 3.71. The first-order chi connectivity index (χ1) is 7.06. The maximum Gasteiger partial charge on any atom is 0.264 e. The summed E-state index contributed by atoms with van der Waals surface area (Å²) in [4.78, 5) is 11.4. The fraction of sp³-hybridized carbons (Fsp3) is 0.300. The van der Waals surface area contributed by atoms with Crippen molar-refractivity contribution in [3.63, 3.8) is 0 Å². The molecule has 0 fully saturated rings. The third-order valence-electron chi connectivity index (χ3n) is 1.87. The third-order valence-corrected chi connectivity index (χ3v) is 2.29. The van der Waals surface area contributed by atoms with Crippen LogP contribution in [0.3, 0.4) is 0 Å². The molecule has 0 spiro atoms. The lowest BCUT2D eigenvalue weighted by Crippen LogP contribution is -2.04. The molecular formula is C10H8Cl2F2O. The molecule has 0 aliphatic heterocycles. The Bertz CT molecular complexity index is 366. The topological polar surface area (TPSA) is 17.1 Å². The predicted octanol–water partition coefficient (Wildman–Crippen LogP) is 4.09. The molecule has 0 bridgehead atoms. The minimum absolute atomic E-state index is 0.00458. The number of hydrogen-bond acceptors (Lipinski definition) is 1. The molecule has 1 aromatic rings. The second-order valence-electron chi connectivity index (χ2n) is 2.89. The van der Waals surface area contributed by atoms with Gasteiger partial charge in [0.1, 0.15) is 0 Å². The molecule has 0 aromatic heterocycles. The first-order valence-corrected chi connectivity index (χ1v) is 5.14. The zero-order valence-electron chi connectivity index (χ0n) is 7.64. The molecule has 1 nitrogen and oxygen atoms in total. The number of ketones is 1. The van der Waals surface area contributed by atoms with E-state index in [-0.39, 0.29) is 28.5 Å². The van der Waals surface area contributed by atoms with Gasteiger partial charge >= 0.3 is 0 Å². The van der Waals surface area contributed by atoms with Crippen molar-refractivity contribution >= 4 is 29.0 Å². The molecule has 1 rings (SSSR count). The van der Waals surface area contributed by atoms with Crippen LogP contribution in [0.25, 0.3) is 0 Å². The van der Waals surface area contributed by atoms with E-state index in [0.29, 0.717) is 0 Å². The number of rotatable bonds is 4. The highest BCUT2D eigenvalue weighted by atomic mass is 35.5. The van der Waals surface area contributed by atoms with Crippen LogP contribution in [0.15, 0.2) is 18.2 Å². The van der Waals surface area contributed by atoms with Gasteiger partial charge in [-0.3, -0.25) is 4.79 Å². The highest BCUT2D eigenvalue weighted by Gasteiger charge is 2.18. The number of hydrogen-bond donors (Lipinski definition) is 0. The molecule has 0 aliphatic carbocycles. The van der Waals surface area contributed by atoms with Gasteiger partial charge < -0.3 is 0 Å². The van der Waals surface area contributed by atoms with Crippen molar-refractivity contribution in [3.8, 4) is 0 Å². The fourth-order valence-electron chi connectivity index (χ4n) is 1.19. The summed E-state index contributed by atoms with van der Waals surface area (Å²) in [6.07, 6.45) is -2.67. The molecule has 82 valence electrons. The highest BCUT2D eigenvalue weighted by Crippen LogP contribution is 2.27. The number of halogens is 4. The van der Waals surface area contributed by atoms with E-state index < -0.39 is 12.2 Å². The lowest BCUT2D eigenvalue weighted by atomic mass is 10.0. The Morgan fingerprint density at radius 3 is 2.60 bits per heavy atom. The van der Waals surface area contributed by atoms with E-state index in [2.05, 4.69) is 0 Å². The van der Waals surface area contributed by atoms with Gasteiger partial charge in [0.25, 0.3) is 6.43 Å². The van der Waals surface area contributed by atoms with Gasteiger partial charge in [-0.1, -0.05) is 11.6 Å². The summed E-state index contributed by atoms with van der Waals surface area (Å²) in [5.74, 6) is -0.276. The molecule has 1 aromatic carbocycles. The number of carbonyl (C=O) groups excluding carboxylic acids is 1. The minimum Gasteiger partial charge on any atom is -0.294 e. The number of alkyl halides is 3. The molecule has 0 saturated carbocycles. The van der Waals surface area contributed by atoms with Crippen LogP contribution in [0, 0.1) is 0 Å². The lowest BCUT2D eigenvalue weighted by Gasteiger charge is -2.07. The zero-order chi connectivity index (χ0) is 11.4. The van der Waals surface area contributed by atoms with E-state index in [1.807, 2.05) is 0 Å². The van der Waals surface area contributed by atoms with Crippen molar-refractivity contribution in [1.82, 2.24) is 0 Å². The van der Waals surface area contributed by atoms with E-state index in [1.165, 1.54) is 12.1 Å². The number of carbonyl (C=O) groups is 1. The van der Waals surface area contributed by atoms with Crippen molar-refractivity contribution < 1.29 is 13.6 Å². The molecular weight excluding hydrogens is 245 g/mol. The quantitative estimate of drug-likeness (QED) is 0.583. The summed E-state index contributed by atoms with van der Waals surface area (Å²) < 4.78 is 25.1. The van der Waals surface area contributed by atoms with Gasteiger partial charge in [0.2, 0.25) is 0 Å². The van der Waals surface area contributed by atoms with Crippen molar-refractivity contribution in [2.45, 2.75) is 12.8 Å². The summed E-state index contributed by atoms with van der Waals surface area (Å²) >= 11 is 10.9. The van der Waals surface area contributed by atoms with Gasteiger partial charge in [0, 0.05) is 28.5 Å². The molecule has 0 amide bonds. The van der Waals surface area contributed by atoms with E-state index in [1.54, 1.807) is 0 Å². The fourth-order valence-corrected chi connectivity index (χ4v) is 1.54. The molecule has 15 heavy (non-hydrogen) atoms. The van der Waals surface area contributed by atoms with E-state index >= 15 is 0 Å². The lowest BCUT2D eigenvalue weighted by molar-refractivity contribution is 0.0975. The molecule has 0 aliphatic rings. The van der Waals surface area contributed by atoms with Gasteiger partial charge in [0.15, 0.2) is 5.78 Å². The van der Waals surface area contributed by atoms with Crippen LogP contribution in [0.5, 0.6) is 0 Å². The molecule has 0 heterocycles. The summed E-state index contributed by atoms with van der Waals surface area (Å²) in [6.45, 7) is 0. The zero-order valence-corrected chi connectivity index (χ0v) is 9.16. The van der Waals surface area contributed by atoms with E-state index in [0.717, 1.165) is 6.07 Å². The molecule has 0 atom stereocenters. The second kappa shape index (κ2) is 5.42. The largest absolute Gasteiger partial charge is 0.294 e. The SMILES string of the molecule is O=C(CCCl)c1ccc(Cl)cc1C(F)F. The Morgan fingerprint density at radius 1 is 1.40 bits per heavy atom. The predicted molar refractivity (Wildman–Crippen MR) is 56.1 cm³/mol. The number of benzene rings is 1. The van der Waals surface area contributed by atoms with Crippen molar-refractivity contribution in [2.75, 3.05) is 5.88 Å². The molecule has 0 saturated heterocycles. The maximum atomic E-state index is 12.6. The maximum absolute atomic E-state index is 12.6. The molecule has 0 radical (unpaired) electrons. The Hall–Kier alpha value is -0.670. The van der Waals surface area contributed by atoms with Gasteiger partial charge in [-0.15, -0.1) is 11.6 Å². The Morgan fingerprint density at radius 2 is 2.07 bits per heavy atom. The van der Waals surface area contributed by atoms with Gasteiger partial charge in [0.05, 0.1) is 0 Å². The molecule has 0 N–H and O–H groups in total. The summed E-state index contributed by atoms with van der Waals surface area (Å²) in [5, 5.41) is 0.188. The average Bonchev–Trinajstić information content (AvgIpc) is 2.17. The Balaban J connectivity index is 3.11. The summed E-state index contributed by atoms with van der Waals surface area (Å²) in [7, 11) is 0. The van der Waals surface area contributed by atoms with Crippen LogP contribution in [0.1, 0.15) is 28.8 Å². The van der Waals surface area contributed by atoms with Crippen LogP contribution < -0.4 is 0 Å². The average molecular weight is 253 g/mol. The van der Waals surface area contributed by atoms with Crippen molar-refractivity contribution in [1.29, 1.82) is 0 Å². The normalized spacial score (nSPS) is 10.7. The van der Waals surface area contributed by atoms with Gasteiger partial charge in [-0.25, -0.2) is 8.78 Å². The first-order valence-electron chi connectivity index (χ1n) is 4.23. The first kappa shape index (κ1) is 12.4. The smallest absolute Gasteiger partial charge is 0.264 e. The minimum atomic E-state index is -2.71. The standard InChI is InChI=1S/C10H8Cl2F2O/c11-4-3-9(15)7-2-1-6(12)5-8(7)10(13)14/h1-2,5,10H,3-4H2. The Labute approximate surface area is 96.0 Å².